The molecule has 0 saturated heterocycles. The molecule has 0 aromatic heterocycles. The van der Waals surface area contributed by atoms with E-state index in [1.807, 2.05) is 42.5 Å². The highest BCUT2D eigenvalue weighted by Gasteiger charge is 2.13. The molecule has 0 heterocycles. The summed E-state index contributed by atoms with van der Waals surface area (Å²) in [4.78, 5) is 11.9. The topological polar surface area (TPSA) is 41.5 Å². The second-order valence-electron chi connectivity index (χ2n) is 6.33. The van der Waals surface area contributed by atoms with Crippen molar-refractivity contribution in [3.8, 4) is 0 Å². The van der Waals surface area contributed by atoms with Gasteiger partial charge in [0.25, 0.3) is 0 Å². The van der Waals surface area contributed by atoms with Crippen LogP contribution in [-0.4, -0.2) is 12.1 Å². The number of hydrogen-bond acceptors (Lipinski definition) is 2. The van der Waals surface area contributed by atoms with Crippen molar-refractivity contribution in [1.82, 2.24) is 5.43 Å². The summed E-state index contributed by atoms with van der Waals surface area (Å²) in [6, 6.07) is 17.8. The van der Waals surface area contributed by atoms with Gasteiger partial charge in [-0.15, -0.1) is 0 Å². The fraction of sp³-hybridized carbons (Fsp3) is 0.263. The van der Waals surface area contributed by atoms with Gasteiger partial charge < -0.3 is 0 Å². The van der Waals surface area contributed by atoms with Crippen LogP contribution in [0.1, 0.15) is 37.5 Å². The zero-order valence-corrected chi connectivity index (χ0v) is 13.3. The minimum atomic E-state index is -0.115. The molecule has 0 aliphatic carbocycles. The Balaban J connectivity index is 1.88. The van der Waals surface area contributed by atoms with E-state index in [4.69, 9.17) is 0 Å². The lowest BCUT2D eigenvalue weighted by molar-refractivity contribution is -0.120. The Bertz CT molecular complexity index is 637. The Kier molecular flexibility index (Phi) is 5.10. The first-order valence-corrected chi connectivity index (χ1v) is 7.41. The first-order chi connectivity index (χ1) is 10.4. The van der Waals surface area contributed by atoms with Crippen molar-refractivity contribution in [2.75, 3.05) is 0 Å². The number of hydrazone groups is 1. The van der Waals surface area contributed by atoms with E-state index in [9.17, 15) is 4.79 Å². The molecule has 3 heteroatoms. The molecule has 0 spiro atoms. The summed E-state index contributed by atoms with van der Waals surface area (Å²) in [6.45, 7) is 6.52. The van der Waals surface area contributed by atoms with Crippen LogP contribution < -0.4 is 5.43 Å². The molecule has 2 aromatic carbocycles. The lowest BCUT2D eigenvalue weighted by Gasteiger charge is -2.19. The van der Waals surface area contributed by atoms with Gasteiger partial charge in [0.1, 0.15) is 0 Å². The molecule has 22 heavy (non-hydrogen) atoms. The van der Waals surface area contributed by atoms with Crippen molar-refractivity contribution in [3.63, 3.8) is 0 Å². The van der Waals surface area contributed by atoms with Crippen LogP contribution in [-0.2, 0) is 16.6 Å². The van der Waals surface area contributed by atoms with E-state index in [0.29, 0.717) is 6.42 Å². The number of amides is 1. The molecule has 0 aliphatic rings. The van der Waals surface area contributed by atoms with Crippen LogP contribution in [0.2, 0.25) is 0 Å². The Morgan fingerprint density at radius 3 is 2.27 bits per heavy atom. The van der Waals surface area contributed by atoms with Crippen LogP contribution in [0.25, 0.3) is 0 Å². The fourth-order valence-corrected chi connectivity index (χ4v) is 2.07. The van der Waals surface area contributed by atoms with Crippen molar-refractivity contribution < 1.29 is 4.79 Å². The van der Waals surface area contributed by atoms with Crippen molar-refractivity contribution in [1.29, 1.82) is 0 Å². The summed E-state index contributed by atoms with van der Waals surface area (Å²) < 4.78 is 0. The fourth-order valence-electron chi connectivity index (χ4n) is 2.07. The molecule has 1 N–H and O–H groups in total. The predicted molar refractivity (Wildman–Crippen MR) is 91.0 cm³/mol. The van der Waals surface area contributed by atoms with E-state index in [0.717, 1.165) is 11.1 Å². The monoisotopic (exact) mass is 294 g/mol. The molecule has 0 aliphatic heterocycles. The third-order valence-corrected chi connectivity index (χ3v) is 3.39. The van der Waals surface area contributed by atoms with E-state index in [2.05, 4.69) is 43.4 Å². The first kappa shape index (κ1) is 16.0. The lowest BCUT2D eigenvalue weighted by Crippen LogP contribution is -2.20. The van der Waals surface area contributed by atoms with Gasteiger partial charge >= 0.3 is 0 Å². The molecular formula is C19H22N2O. The van der Waals surface area contributed by atoms with Crippen molar-refractivity contribution in [2.24, 2.45) is 5.10 Å². The zero-order valence-electron chi connectivity index (χ0n) is 13.3. The Labute approximate surface area is 132 Å². The van der Waals surface area contributed by atoms with Gasteiger partial charge in [0, 0.05) is 0 Å². The SMILES string of the molecule is CC(C)(C)c1ccc(CC(=O)N/N=C\c2ccccc2)cc1. The second-order valence-corrected chi connectivity index (χ2v) is 6.33. The highest BCUT2D eigenvalue weighted by Crippen LogP contribution is 2.22. The van der Waals surface area contributed by atoms with Crippen LogP contribution >= 0.6 is 0 Å². The molecule has 0 saturated carbocycles. The third-order valence-electron chi connectivity index (χ3n) is 3.39. The summed E-state index contributed by atoms with van der Waals surface area (Å²) in [7, 11) is 0. The molecule has 0 atom stereocenters. The van der Waals surface area contributed by atoms with Crippen molar-refractivity contribution in [2.45, 2.75) is 32.6 Å². The summed E-state index contributed by atoms with van der Waals surface area (Å²) in [5, 5.41) is 3.97. The highest BCUT2D eigenvalue weighted by atomic mass is 16.2. The molecule has 0 fully saturated rings. The highest BCUT2D eigenvalue weighted by molar-refractivity contribution is 5.83. The van der Waals surface area contributed by atoms with Crippen molar-refractivity contribution >= 4 is 12.1 Å². The lowest BCUT2D eigenvalue weighted by atomic mass is 9.86. The average Bonchev–Trinajstić information content (AvgIpc) is 2.48. The molecule has 1 amide bonds. The Morgan fingerprint density at radius 2 is 1.68 bits per heavy atom. The largest absolute Gasteiger partial charge is 0.273 e. The normalized spacial score (nSPS) is 11.6. The molecule has 0 bridgehead atoms. The molecule has 0 radical (unpaired) electrons. The maximum Gasteiger partial charge on any atom is 0.244 e. The van der Waals surface area contributed by atoms with Gasteiger partial charge in [-0.2, -0.15) is 5.10 Å². The van der Waals surface area contributed by atoms with Crippen molar-refractivity contribution in [3.05, 3.63) is 71.3 Å². The third kappa shape index (κ3) is 4.85. The minimum Gasteiger partial charge on any atom is -0.273 e. The van der Waals surface area contributed by atoms with Gasteiger partial charge in [-0.3, -0.25) is 4.79 Å². The van der Waals surface area contributed by atoms with Gasteiger partial charge in [-0.25, -0.2) is 5.43 Å². The molecule has 2 rings (SSSR count). The number of benzene rings is 2. The van der Waals surface area contributed by atoms with Crippen LogP contribution in [0.15, 0.2) is 59.7 Å². The summed E-state index contributed by atoms with van der Waals surface area (Å²) >= 11 is 0. The molecule has 114 valence electrons. The maximum atomic E-state index is 11.9. The van der Waals surface area contributed by atoms with Gasteiger partial charge in [0.05, 0.1) is 12.6 Å². The predicted octanol–water partition coefficient (Wildman–Crippen LogP) is 3.68. The van der Waals surface area contributed by atoms with E-state index in [1.165, 1.54) is 5.56 Å². The van der Waals surface area contributed by atoms with Crippen LogP contribution in [0.4, 0.5) is 0 Å². The molecule has 0 unspecified atom stereocenters. The maximum absolute atomic E-state index is 11.9. The van der Waals surface area contributed by atoms with E-state index in [-0.39, 0.29) is 11.3 Å². The molecule has 2 aromatic rings. The van der Waals surface area contributed by atoms with E-state index < -0.39 is 0 Å². The smallest absolute Gasteiger partial charge is 0.244 e. The number of hydrogen-bond donors (Lipinski definition) is 1. The zero-order chi connectivity index (χ0) is 16.0. The minimum absolute atomic E-state index is 0.115. The van der Waals surface area contributed by atoms with Crippen LogP contribution in [0.5, 0.6) is 0 Å². The molecular weight excluding hydrogens is 272 g/mol. The van der Waals surface area contributed by atoms with E-state index >= 15 is 0 Å². The number of carbonyl (C=O) groups excluding carboxylic acids is 1. The van der Waals surface area contributed by atoms with Gasteiger partial charge in [-0.1, -0.05) is 75.4 Å². The second kappa shape index (κ2) is 7.03. The Morgan fingerprint density at radius 1 is 1.05 bits per heavy atom. The van der Waals surface area contributed by atoms with Gasteiger partial charge in [-0.05, 0) is 22.1 Å². The summed E-state index contributed by atoms with van der Waals surface area (Å²) in [6.07, 6.45) is 1.97. The quantitative estimate of drug-likeness (QED) is 0.678. The van der Waals surface area contributed by atoms with Crippen LogP contribution in [0, 0.1) is 0 Å². The van der Waals surface area contributed by atoms with Crippen LogP contribution in [0.3, 0.4) is 0 Å². The standard InChI is InChI=1S/C19H22N2O/c1-19(2,3)17-11-9-15(10-12-17)13-18(22)21-20-14-16-7-5-4-6-8-16/h4-12,14H,13H2,1-3H3,(H,21,22)/b20-14-. The number of carbonyl (C=O) groups is 1. The first-order valence-electron chi connectivity index (χ1n) is 7.41. The van der Waals surface area contributed by atoms with Gasteiger partial charge in [0.15, 0.2) is 0 Å². The number of rotatable bonds is 4. The summed E-state index contributed by atoms with van der Waals surface area (Å²) in [5.74, 6) is -0.115. The average molecular weight is 294 g/mol. The summed E-state index contributed by atoms with van der Waals surface area (Å²) in [5.41, 5.74) is 5.89. The van der Waals surface area contributed by atoms with E-state index in [1.54, 1.807) is 6.21 Å². The van der Waals surface area contributed by atoms with Gasteiger partial charge in [0.2, 0.25) is 5.91 Å². The Hall–Kier alpha value is -2.42. The number of nitrogens with one attached hydrogen (secondary N) is 1. The number of nitrogens with zero attached hydrogens (tertiary/aromatic N) is 1. The molecule has 3 nitrogen and oxygen atoms in total.